The Morgan fingerprint density at radius 2 is 2.00 bits per heavy atom. The molecule has 1 aromatic rings. The molecule has 2 atom stereocenters. The van der Waals surface area contributed by atoms with Gasteiger partial charge in [0, 0.05) is 0 Å². The van der Waals surface area contributed by atoms with Gasteiger partial charge in [-0.25, -0.2) is 0 Å². The van der Waals surface area contributed by atoms with Crippen LogP contribution < -0.4 is 10.1 Å². The van der Waals surface area contributed by atoms with Crippen LogP contribution in [0.5, 0.6) is 5.75 Å². The number of benzene rings is 1. The van der Waals surface area contributed by atoms with Crippen LogP contribution in [0.3, 0.4) is 0 Å². The minimum Gasteiger partial charge on any atom is -0.493 e. The number of aryl methyl sites for hydroxylation is 1. The summed E-state index contributed by atoms with van der Waals surface area (Å²) >= 11 is 0. The number of hydrogen-bond donors (Lipinski definition) is 2. The molecule has 1 aromatic carbocycles. The fraction of sp³-hybridized carbons (Fsp3) is 0.562. The number of nitrogens with one attached hydrogen (secondary N) is 1. The lowest BCUT2D eigenvalue weighted by atomic mass is 9.92. The molecule has 1 saturated carbocycles. The Kier molecular flexibility index (Phi) is 5.41. The van der Waals surface area contributed by atoms with E-state index in [1.165, 1.54) is 5.56 Å². The highest BCUT2D eigenvalue weighted by molar-refractivity contribution is 5.76. The molecule has 0 aromatic heterocycles. The second-order valence-electron chi connectivity index (χ2n) is 5.44. The third kappa shape index (κ3) is 4.53. The van der Waals surface area contributed by atoms with Gasteiger partial charge in [0.25, 0.3) is 0 Å². The summed E-state index contributed by atoms with van der Waals surface area (Å²) in [7, 11) is 0. The molecule has 4 nitrogen and oxygen atoms in total. The van der Waals surface area contributed by atoms with Crippen molar-refractivity contribution in [2.45, 2.75) is 51.2 Å². The van der Waals surface area contributed by atoms with Crippen LogP contribution in [0.2, 0.25) is 0 Å². The molecular formula is C16H23NO3. The highest BCUT2D eigenvalue weighted by Crippen LogP contribution is 2.18. The summed E-state index contributed by atoms with van der Waals surface area (Å²) in [6.45, 7) is 2.38. The molecule has 0 heterocycles. The molecule has 2 N–H and O–H groups in total. The largest absolute Gasteiger partial charge is 0.493 e. The highest BCUT2D eigenvalue weighted by atomic mass is 16.5. The van der Waals surface area contributed by atoms with Crippen molar-refractivity contribution in [1.29, 1.82) is 0 Å². The first kappa shape index (κ1) is 14.9. The summed E-state index contributed by atoms with van der Waals surface area (Å²) in [5, 5.41) is 12.7. The lowest BCUT2D eigenvalue weighted by Crippen LogP contribution is -2.45. The molecule has 1 aliphatic carbocycles. The number of hydrogen-bond acceptors (Lipinski definition) is 3. The molecule has 0 bridgehead atoms. The summed E-state index contributed by atoms with van der Waals surface area (Å²) < 4.78 is 5.52. The number of aliphatic hydroxyl groups excluding tert-OH is 1. The average molecular weight is 277 g/mol. The lowest BCUT2D eigenvalue weighted by molar-refractivity contribution is -0.123. The van der Waals surface area contributed by atoms with Crippen LogP contribution in [-0.2, 0) is 4.79 Å². The van der Waals surface area contributed by atoms with Crippen molar-refractivity contribution in [3.05, 3.63) is 29.8 Å². The molecule has 0 aliphatic heterocycles. The molecule has 1 fully saturated rings. The van der Waals surface area contributed by atoms with Crippen LogP contribution >= 0.6 is 0 Å². The lowest BCUT2D eigenvalue weighted by Gasteiger charge is -2.28. The molecule has 2 unspecified atom stereocenters. The van der Waals surface area contributed by atoms with Crippen LogP contribution in [0.15, 0.2) is 24.3 Å². The summed E-state index contributed by atoms with van der Waals surface area (Å²) in [4.78, 5) is 11.8. The van der Waals surface area contributed by atoms with Crippen LogP contribution in [0, 0.1) is 6.92 Å². The van der Waals surface area contributed by atoms with E-state index >= 15 is 0 Å². The third-order valence-corrected chi connectivity index (χ3v) is 3.69. The smallest absolute Gasteiger partial charge is 0.223 e. The second-order valence-corrected chi connectivity index (χ2v) is 5.44. The predicted molar refractivity (Wildman–Crippen MR) is 77.7 cm³/mol. The van der Waals surface area contributed by atoms with Gasteiger partial charge in [-0.05, 0) is 31.9 Å². The molecule has 1 aliphatic rings. The topological polar surface area (TPSA) is 58.6 Å². The van der Waals surface area contributed by atoms with Gasteiger partial charge in [-0.2, -0.15) is 0 Å². The van der Waals surface area contributed by atoms with Gasteiger partial charge in [-0.3, -0.25) is 4.79 Å². The van der Waals surface area contributed by atoms with E-state index in [0.717, 1.165) is 31.4 Å². The number of aliphatic hydroxyl groups is 1. The van der Waals surface area contributed by atoms with Crippen molar-refractivity contribution in [3.8, 4) is 5.75 Å². The van der Waals surface area contributed by atoms with Gasteiger partial charge in [0.05, 0.1) is 25.2 Å². The Labute approximate surface area is 120 Å². The number of carbonyl (C=O) groups excluding carboxylic acids is 1. The summed E-state index contributed by atoms with van der Waals surface area (Å²) in [5.74, 6) is 0.726. The quantitative estimate of drug-likeness (QED) is 0.867. The molecule has 0 radical (unpaired) electrons. The monoisotopic (exact) mass is 277 g/mol. The summed E-state index contributed by atoms with van der Waals surface area (Å²) in [6.07, 6.45) is 3.69. The average Bonchev–Trinajstić information content (AvgIpc) is 2.44. The Hall–Kier alpha value is -1.55. The fourth-order valence-corrected chi connectivity index (χ4v) is 2.45. The van der Waals surface area contributed by atoms with Crippen molar-refractivity contribution in [3.63, 3.8) is 0 Å². The van der Waals surface area contributed by atoms with Crippen molar-refractivity contribution in [2.75, 3.05) is 6.61 Å². The Morgan fingerprint density at radius 3 is 2.70 bits per heavy atom. The van der Waals surface area contributed by atoms with Crippen LogP contribution in [0.25, 0.3) is 0 Å². The van der Waals surface area contributed by atoms with Gasteiger partial charge in [0.1, 0.15) is 5.75 Å². The number of amides is 1. The third-order valence-electron chi connectivity index (χ3n) is 3.69. The zero-order chi connectivity index (χ0) is 14.4. The summed E-state index contributed by atoms with van der Waals surface area (Å²) in [6, 6.07) is 7.67. The number of carbonyl (C=O) groups is 1. The molecule has 110 valence electrons. The van der Waals surface area contributed by atoms with Crippen LogP contribution in [-0.4, -0.2) is 29.8 Å². The van der Waals surface area contributed by atoms with Gasteiger partial charge in [-0.1, -0.05) is 30.5 Å². The maximum absolute atomic E-state index is 11.8. The van der Waals surface area contributed by atoms with Gasteiger partial charge in [0.2, 0.25) is 5.91 Å². The molecule has 2 rings (SSSR count). The molecule has 1 amide bonds. The van der Waals surface area contributed by atoms with Crippen molar-refractivity contribution in [1.82, 2.24) is 5.32 Å². The van der Waals surface area contributed by atoms with E-state index < -0.39 is 6.10 Å². The normalized spacial score (nSPS) is 22.3. The SMILES string of the molecule is Cc1ccc(OCCC(=O)NC2CCCCC2O)cc1. The maximum Gasteiger partial charge on any atom is 0.223 e. The number of ether oxygens (including phenoxy) is 1. The first-order chi connectivity index (χ1) is 9.65. The molecule has 0 saturated heterocycles. The van der Waals surface area contributed by atoms with Crippen LogP contribution in [0.4, 0.5) is 0 Å². The number of rotatable bonds is 5. The zero-order valence-corrected chi connectivity index (χ0v) is 12.0. The van der Waals surface area contributed by atoms with Gasteiger partial charge >= 0.3 is 0 Å². The highest BCUT2D eigenvalue weighted by Gasteiger charge is 2.24. The molecular weight excluding hydrogens is 254 g/mol. The van der Waals surface area contributed by atoms with Crippen molar-refractivity contribution in [2.24, 2.45) is 0 Å². The second kappa shape index (κ2) is 7.29. The molecule has 0 spiro atoms. The molecule has 4 heteroatoms. The molecule has 20 heavy (non-hydrogen) atoms. The minimum atomic E-state index is -0.397. The zero-order valence-electron chi connectivity index (χ0n) is 12.0. The minimum absolute atomic E-state index is 0.0527. The van der Waals surface area contributed by atoms with Gasteiger partial charge < -0.3 is 15.2 Å². The van der Waals surface area contributed by atoms with Crippen LogP contribution in [0.1, 0.15) is 37.7 Å². The van der Waals surface area contributed by atoms with E-state index in [1.54, 1.807) is 0 Å². The Balaban J connectivity index is 1.68. The summed E-state index contributed by atoms with van der Waals surface area (Å²) in [5.41, 5.74) is 1.18. The van der Waals surface area contributed by atoms with Crippen molar-refractivity contribution < 1.29 is 14.6 Å². The predicted octanol–water partition coefficient (Wildman–Crippen LogP) is 2.18. The standard InChI is InChI=1S/C16H23NO3/c1-12-6-8-13(9-7-12)20-11-10-16(19)17-14-4-2-3-5-15(14)18/h6-9,14-15,18H,2-5,10-11H2,1H3,(H,17,19). The Morgan fingerprint density at radius 1 is 1.30 bits per heavy atom. The van der Waals surface area contributed by atoms with E-state index in [2.05, 4.69) is 5.32 Å². The van der Waals surface area contributed by atoms with E-state index in [0.29, 0.717) is 13.0 Å². The van der Waals surface area contributed by atoms with E-state index in [-0.39, 0.29) is 11.9 Å². The van der Waals surface area contributed by atoms with E-state index in [4.69, 9.17) is 4.74 Å². The Bertz CT molecular complexity index is 430. The first-order valence-corrected chi connectivity index (χ1v) is 7.32. The maximum atomic E-state index is 11.8. The van der Waals surface area contributed by atoms with Gasteiger partial charge in [-0.15, -0.1) is 0 Å². The fourth-order valence-electron chi connectivity index (χ4n) is 2.45. The first-order valence-electron chi connectivity index (χ1n) is 7.32. The van der Waals surface area contributed by atoms with E-state index in [1.807, 2.05) is 31.2 Å². The van der Waals surface area contributed by atoms with Gasteiger partial charge in [0.15, 0.2) is 0 Å². The van der Waals surface area contributed by atoms with Crippen molar-refractivity contribution >= 4 is 5.91 Å². The van der Waals surface area contributed by atoms with E-state index in [9.17, 15) is 9.90 Å².